The van der Waals surface area contributed by atoms with Crippen LogP contribution in [0.2, 0.25) is 0 Å². The molecule has 0 fully saturated rings. The fourth-order valence-corrected chi connectivity index (χ4v) is 3.81. The van der Waals surface area contributed by atoms with Gasteiger partial charge in [0, 0.05) is 67.9 Å². The van der Waals surface area contributed by atoms with E-state index in [1.165, 1.54) is 11.3 Å². The van der Waals surface area contributed by atoms with Crippen molar-refractivity contribution in [3.05, 3.63) is 81.5 Å². The zero-order valence-corrected chi connectivity index (χ0v) is 17.9. The van der Waals surface area contributed by atoms with Crippen LogP contribution < -0.4 is 15.8 Å². The van der Waals surface area contributed by atoms with Crippen molar-refractivity contribution in [2.75, 3.05) is 36.6 Å². The molecule has 2 aromatic heterocycles. The number of benzene rings is 1. The van der Waals surface area contributed by atoms with Gasteiger partial charge < -0.3 is 10.2 Å². The monoisotopic (exact) mass is 409 g/mol. The van der Waals surface area contributed by atoms with Gasteiger partial charge in [0.05, 0.1) is 0 Å². The first-order valence-electron chi connectivity index (χ1n) is 9.59. The van der Waals surface area contributed by atoms with Crippen LogP contribution in [0.1, 0.15) is 22.4 Å². The van der Waals surface area contributed by atoms with Gasteiger partial charge in [0.15, 0.2) is 0 Å². The Morgan fingerprint density at radius 2 is 1.90 bits per heavy atom. The Morgan fingerprint density at radius 3 is 2.62 bits per heavy atom. The van der Waals surface area contributed by atoms with Crippen molar-refractivity contribution in [2.24, 2.45) is 0 Å². The molecule has 3 rings (SSSR count). The predicted molar refractivity (Wildman–Crippen MR) is 122 cm³/mol. The lowest BCUT2D eigenvalue weighted by Crippen LogP contribution is -2.18. The molecular formula is C22H27N5OS. The van der Waals surface area contributed by atoms with Gasteiger partial charge in [0.1, 0.15) is 0 Å². The lowest BCUT2D eigenvalue weighted by Gasteiger charge is -2.17. The quantitative estimate of drug-likeness (QED) is 0.527. The minimum Gasteiger partial charge on any atom is -0.377 e. The summed E-state index contributed by atoms with van der Waals surface area (Å²) in [5.41, 5.74) is 5.05. The number of rotatable bonds is 9. The molecule has 2 heterocycles. The summed E-state index contributed by atoms with van der Waals surface area (Å²) in [6, 6.07) is 12.4. The van der Waals surface area contributed by atoms with E-state index in [-0.39, 0.29) is 5.56 Å². The minimum absolute atomic E-state index is 0.115. The van der Waals surface area contributed by atoms with E-state index >= 15 is 0 Å². The molecule has 1 aromatic carbocycles. The van der Waals surface area contributed by atoms with Crippen LogP contribution in [0.4, 0.5) is 11.6 Å². The topological polar surface area (TPSA) is 73.9 Å². The number of pyridine rings is 1. The molecule has 152 valence electrons. The van der Waals surface area contributed by atoms with E-state index in [0.29, 0.717) is 17.9 Å². The molecule has 0 aliphatic rings. The highest BCUT2D eigenvalue weighted by molar-refractivity contribution is 7.98. The molecule has 0 aliphatic carbocycles. The van der Waals surface area contributed by atoms with Gasteiger partial charge in [-0.3, -0.25) is 14.8 Å². The van der Waals surface area contributed by atoms with Gasteiger partial charge >= 0.3 is 0 Å². The summed E-state index contributed by atoms with van der Waals surface area (Å²) in [6.45, 7) is 2.68. The first-order chi connectivity index (χ1) is 14.0. The average molecular weight is 410 g/mol. The van der Waals surface area contributed by atoms with Crippen LogP contribution in [0.5, 0.6) is 0 Å². The summed E-state index contributed by atoms with van der Waals surface area (Å²) >= 11 is 1.85. The van der Waals surface area contributed by atoms with E-state index in [9.17, 15) is 4.79 Å². The van der Waals surface area contributed by atoms with Gasteiger partial charge in [0.25, 0.3) is 5.56 Å². The first-order valence-corrected chi connectivity index (χ1v) is 10.7. The lowest BCUT2D eigenvalue weighted by atomic mass is 10.1. The summed E-state index contributed by atoms with van der Waals surface area (Å²) in [5, 5.41) is 3.20. The molecule has 3 aromatic rings. The number of hydrogen-bond donors (Lipinski definition) is 2. The second kappa shape index (κ2) is 10.1. The van der Waals surface area contributed by atoms with E-state index in [1.54, 1.807) is 12.4 Å². The van der Waals surface area contributed by atoms with E-state index in [0.717, 1.165) is 29.3 Å². The van der Waals surface area contributed by atoms with Gasteiger partial charge in [-0.05, 0) is 30.2 Å². The number of nitrogens with zero attached hydrogens (tertiary/aromatic N) is 3. The molecule has 0 saturated carbocycles. The second-order valence-electron chi connectivity index (χ2n) is 7.07. The Kier molecular flexibility index (Phi) is 7.30. The third kappa shape index (κ3) is 6.09. The van der Waals surface area contributed by atoms with Crippen LogP contribution in [0, 0.1) is 6.92 Å². The zero-order chi connectivity index (χ0) is 20.6. The maximum Gasteiger partial charge on any atom is 0.255 e. The van der Waals surface area contributed by atoms with Crippen molar-refractivity contribution in [1.29, 1.82) is 0 Å². The fraction of sp³-hybridized carbons (Fsp3) is 0.318. The highest BCUT2D eigenvalue weighted by atomic mass is 32.2. The summed E-state index contributed by atoms with van der Waals surface area (Å²) < 4.78 is 0. The number of aromatic nitrogens is 3. The third-order valence-electron chi connectivity index (χ3n) is 4.51. The Hall–Kier alpha value is -2.80. The van der Waals surface area contributed by atoms with Gasteiger partial charge in [0.2, 0.25) is 5.95 Å². The molecule has 2 N–H and O–H groups in total. The Morgan fingerprint density at radius 1 is 1.07 bits per heavy atom. The largest absolute Gasteiger partial charge is 0.377 e. The maximum absolute atomic E-state index is 12.3. The number of hydrogen-bond acceptors (Lipinski definition) is 6. The van der Waals surface area contributed by atoms with Crippen molar-refractivity contribution < 1.29 is 0 Å². The molecule has 0 aliphatic heterocycles. The van der Waals surface area contributed by atoms with Crippen molar-refractivity contribution in [2.45, 2.75) is 19.1 Å². The molecule has 0 saturated heterocycles. The minimum atomic E-state index is -0.115. The lowest BCUT2D eigenvalue weighted by molar-refractivity contribution is 0.999. The highest BCUT2D eigenvalue weighted by Gasteiger charge is 2.06. The number of para-hydroxylation sites is 1. The summed E-state index contributed by atoms with van der Waals surface area (Å²) in [4.78, 5) is 25.9. The van der Waals surface area contributed by atoms with Gasteiger partial charge in [-0.2, -0.15) is 11.8 Å². The fourth-order valence-electron chi connectivity index (χ4n) is 2.95. The third-order valence-corrected chi connectivity index (χ3v) is 5.52. The molecule has 0 radical (unpaired) electrons. The van der Waals surface area contributed by atoms with Crippen molar-refractivity contribution in [1.82, 2.24) is 15.0 Å². The van der Waals surface area contributed by atoms with Crippen LogP contribution in [0.15, 0.2) is 53.6 Å². The molecule has 0 atom stereocenters. The Bertz CT molecular complexity index is 985. The number of thioether (sulfide) groups is 1. The van der Waals surface area contributed by atoms with Gasteiger partial charge in [-0.25, -0.2) is 4.98 Å². The molecule has 29 heavy (non-hydrogen) atoms. The number of aromatic amines is 1. The van der Waals surface area contributed by atoms with E-state index in [2.05, 4.69) is 63.5 Å². The molecule has 0 spiro atoms. The van der Waals surface area contributed by atoms with Crippen LogP contribution in [0.3, 0.4) is 0 Å². The summed E-state index contributed by atoms with van der Waals surface area (Å²) in [5.74, 6) is 2.38. The molecule has 7 heteroatoms. The molecular weight excluding hydrogens is 382 g/mol. The predicted octanol–water partition coefficient (Wildman–Crippen LogP) is 3.48. The average Bonchev–Trinajstić information content (AvgIpc) is 2.71. The number of anilines is 2. The second-order valence-corrected chi connectivity index (χ2v) is 8.18. The Balaban J connectivity index is 1.47. The number of nitrogens with one attached hydrogen (secondary N) is 2. The molecule has 0 unspecified atom stereocenters. The molecule has 0 bridgehead atoms. The van der Waals surface area contributed by atoms with Gasteiger partial charge in [-0.15, -0.1) is 0 Å². The van der Waals surface area contributed by atoms with E-state index in [1.807, 2.05) is 30.8 Å². The SMILES string of the molecule is Cc1ccc(Cc2cnc(NCCSCc3ccccc3N(C)C)[nH]c2=O)cn1. The standard InChI is InChI=1S/C22H27N5OS/c1-16-8-9-17(13-24-16)12-19-14-25-22(26-21(19)28)23-10-11-29-15-18-6-4-5-7-20(18)27(2)3/h4-9,13-14H,10-12,15H2,1-3H3,(H2,23,25,26,28). The maximum atomic E-state index is 12.3. The van der Waals surface area contributed by atoms with Crippen LogP contribution >= 0.6 is 11.8 Å². The molecule has 0 amide bonds. The van der Waals surface area contributed by atoms with Crippen molar-refractivity contribution >= 4 is 23.4 Å². The van der Waals surface area contributed by atoms with Crippen molar-refractivity contribution in [3.63, 3.8) is 0 Å². The van der Waals surface area contributed by atoms with Gasteiger partial charge in [-0.1, -0.05) is 24.3 Å². The Labute approximate surface area is 175 Å². The normalized spacial score (nSPS) is 10.7. The van der Waals surface area contributed by atoms with Crippen LogP contribution in [0.25, 0.3) is 0 Å². The zero-order valence-electron chi connectivity index (χ0n) is 17.1. The highest BCUT2D eigenvalue weighted by Crippen LogP contribution is 2.22. The van der Waals surface area contributed by atoms with Crippen LogP contribution in [-0.2, 0) is 12.2 Å². The number of aryl methyl sites for hydroxylation is 1. The summed E-state index contributed by atoms with van der Waals surface area (Å²) in [7, 11) is 4.12. The molecule has 6 nitrogen and oxygen atoms in total. The van der Waals surface area contributed by atoms with E-state index in [4.69, 9.17) is 0 Å². The first kappa shape index (κ1) is 20.9. The summed E-state index contributed by atoms with van der Waals surface area (Å²) in [6.07, 6.45) is 3.96. The van der Waals surface area contributed by atoms with E-state index < -0.39 is 0 Å². The van der Waals surface area contributed by atoms with Crippen LogP contribution in [-0.4, -0.2) is 41.3 Å². The smallest absolute Gasteiger partial charge is 0.255 e. The number of H-pyrrole nitrogens is 1. The van der Waals surface area contributed by atoms with Crippen molar-refractivity contribution in [3.8, 4) is 0 Å².